The maximum atomic E-state index is 5.84. The van der Waals surface area contributed by atoms with Gasteiger partial charge in [0.05, 0.1) is 10.5 Å². The Balaban J connectivity index is 2.58. The fourth-order valence-electron chi connectivity index (χ4n) is 1.45. The molecule has 15 heavy (non-hydrogen) atoms. The summed E-state index contributed by atoms with van der Waals surface area (Å²) < 4.78 is 2.62. The zero-order valence-corrected chi connectivity index (χ0v) is 9.61. The zero-order chi connectivity index (χ0) is 10.8. The molecule has 0 radical (unpaired) electrons. The summed E-state index contributed by atoms with van der Waals surface area (Å²) in [6.45, 7) is 4.47. The van der Waals surface area contributed by atoms with Gasteiger partial charge in [0, 0.05) is 12.7 Å². The number of nitrogens with zero attached hydrogens (tertiary/aromatic N) is 2. The minimum Gasteiger partial charge on any atom is -0.329 e. The first kappa shape index (κ1) is 10.4. The van der Waals surface area contributed by atoms with E-state index >= 15 is 0 Å². The van der Waals surface area contributed by atoms with Crippen molar-refractivity contribution >= 4 is 35.0 Å². The summed E-state index contributed by atoms with van der Waals surface area (Å²) in [7, 11) is 0. The quantitative estimate of drug-likeness (QED) is 0.659. The van der Waals surface area contributed by atoms with Crippen LogP contribution < -0.4 is 0 Å². The Morgan fingerprint density at radius 3 is 3.20 bits per heavy atom. The SMILES string of the molecule is C=CCCn1c(=S)[nH]c2cc(Cl)cnc21. The fraction of sp³-hybridized carbons (Fsp3) is 0.200. The van der Waals surface area contributed by atoms with Gasteiger partial charge in [-0.05, 0) is 24.7 Å². The maximum absolute atomic E-state index is 5.84. The molecule has 2 rings (SSSR count). The van der Waals surface area contributed by atoms with Gasteiger partial charge in [-0.25, -0.2) is 4.98 Å². The van der Waals surface area contributed by atoms with Crippen LogP contribution in [0.5, 0.6) is 0 Å². The number of allylic oxidation sites excluding steroid dienone is 1. The molecule has 0 spiro atoms. The van der Waals surface area contributed by atoms with E-state index in [1.807, 2.05) is 16.7 Å². The minimum atomic E-state index is 0.606. The van der Waals surface area contributed by atoms with Gasteiger partial charge in [0.1, 0.15) is 0 Å². The van der Waals surface area contributed by atoms with Crippen LogP contribution in [0.3, 0.4) is 0 Å². The van der Waals surface area contributed by atoms with Crippen molar-refractivity contribution in [3.8, 4) is 0 Å². The number of pyridine rings is 1. The van der Waals surface area contributed by atoms with Crippen LogP contribution in [0.15, 0.2) is 24.9 Å². The highest BCUT2D eigenvalue weighted by Gasteiger charge is 2.04. The van der Waals surface area contributed by atoms with Crippen molar-refractivity contribution in [1.29, 1.82) is 0 Å². The Labute approximate surface area is 97.4 Å². The van der Waals surface area contributed by atoms with E-state index in [0.29, 0.717) is 9.79 Å². The van der Waals surface area contributed by atoms with Gasteiger partial charge in [0.25, 0.3) is 0 Å². The monoisotopic (exact) mass is 239 g/mol. The predicted octanol–water partition coefficient (Wildman–Crippen LogP) is 3.32. The van der Waals surface area contributed by atoms with Crippen LogP contribution in [0.1, 0.15) is 6.42 Å². The lowest BCUT2D eigenvalue weighted by Crippen LogP contribution is -1.97. The molecule has 2 aromatic rings. The first-order valence-electron chi connectivity index (χ1n) is 4.57. The normalized spacial score (nSPS) is 10.7. The number of aromatic amines is 1. The van der Waals surface area contributed by atoms with Crippen molar-refractivity contribution < 1.29 is 0 Å². The fourth-order valence-corrected chi connectivity index (χ4v) is 1.89. The molecule has 0 aromatic carbocycles. The molecular formula is C10H10ClN3S. The molecule has 3 nitrogen and oxygen atoms in total. The smallest absolute Gasteiger partial charge is 0.179 e. The second-order valence-electron chi connectivity index (χ2n) is 3.18. The lowest BCUT2D eigenvalue weighted by molar-refractivity contribution is 0.714. The number of nitrogens with one attached hydrogen (secondary N) is 1. The number of fused-ring (bicyclic) bond motifs is 1. The summed E-state index contributed by atoms with van der Waals surface area (Å²) in [5, 5.41) is 0.606. The Morgan fingerprint density at radius 1 is 1.67 bits per heavy atom. The topological polar surface area (TPSA) is 33.6 Å². The molecule has 1 N–H and O–H groups in total. The third-order valence-electron chi connectivity index (χ3n) is 2.13. The number of aromatic nitrogens is 3. The van der Waals surface area contributed by atoms with Crippen molar-refractivity contribution in [3.63, 3.8) is 0 Å². The van der Waals surface area contributed by atoms with Crippen molar-refractivity contribution in [2.45, 2.75) is 13.0 Å². The second-order valence-corrected chi connectivity index (χ2v) is 4.01. The molecule has 0 unspecified atom stereocenters. The lowest BCUT2D eigenvalue weighted by Gasteiger charge is -2.00. The third kappa shape index (κ3) is 1.96. The molecule has 5 heteroatoms. The summed E-state index contributed by atoms with van der Waals surface area (Å²) >= 11 is 11.0. The number of halogens is 1. The van der Waals surface area contributed by atoms with Gasteiger partial charge in [-0.2, -0.15) is 0 Å². The summed E-state index contributed by atoms with van der Waals surface area (Å²) in [6.07, 6.45) is 4.35. The highest BCUT2D eigenvalue weighted by atomic mass is 35.5. The average Bonchev–Trinajstić information content (AvgIpc) is 2.50. The summed E-state index contributed by atoms with van der Waals surface area (Å²) in [5.41, 5.74) is 1.71. The summed E-state index contributed by atoms with van der Waals surface area (Å²) in [5.74, 6) is 0. The van der Waals surface area contributed by atoms with Gasteiger partial charge < -0.3 is 9.55 Å². The van der Waals surface area contributed by atoms with Gasteiger partial charge in [-0.3, -0.25) is 0 Å². The minimum absolute atomic E-state index is 0.606. The molecule has 0 bridgehead atoms. The van der Waals surface area contributed by atoms with E-state index in [-0.39, 0.29) is 0 Å². The number of aryl methyl sites for hydroxylation is 1. The first-order valence-corrected chi connectivity index (χ1v) is 5.36. The molecule has 0 aliphatic rings. The third-order valence-corrected chi connectivity index (χ3v) is 2.66. The van der Waals surface area contributed by atoms with Gasteiger partial charge in [-0.1, -0.05) is 17.7 Å². The molecule has 0 amide bonds. The highest BCUT2D eigenvalue weighted by Crippen LogP contribution is 2.16. The van der Waals surface area contributed by atoms with Crippen LogP contribution in [-0.4, -0.2) is 14.5 Å². The number of imidazole rings is 1. The van der Waals surface area contributed by atoms with Crippen LogP contribution in [0.2, 0.25) is 5.02 Å². The van der Waals surface area contributed by atoms with E-state index in [1.165, 1.54) is 0 Å². The van der Waals surface area contributed by atoms with Crippen molar-refractivity contribution in [2.24, 2.45) is 0 Å². The van der Waals surface area contributed by atoms with Gasteiger partial charge >= 0.3 is 0 Å². The molecule has 2 heterocycles. The van der Waals surface area contributed by atoms with E-state index < -0.39 is 0 Å². The molecule has 0 saturated carbocycles. The number of rotatable bonds is 3. The second kappa shape index (κ2) is 4.16. The molecular weight excluding hydrogens is 230 g/mol. The van der Waals surface area contributed by atoms with Gasteiger partial charge in [0.15, 0.2) is 10.4 Å². The van der Waals surface area contributed by atoms with E-state index in [0.717, 1.165) is 24.1 Å². The highest BCUT2D eigenvalue weighted by molar-refractivity contribution is 7.71. The molecule has 0 aliphatic heterocycles. The van der Waals surface area contributed by atoms with Crippen LogP contribution >= 0.6 is 23.8 Å². The van der Waals surface area contributed by atoms with Crippen molar-refractivity contribution in [1.82, 2.24) is 14.5 Å². The average molecular weight is 240 g/mol. The van der Waals surface area contributed by atoms with Crippen molar-refractivity contribution in [2.75, 3.05) is 0 Å². The Kier molecular flexibility index (Phi) is 2.88. The van der Waals surface area contributed by atoms with Crippen LogP contribution in [0.25, 0.3) is 11.2 Å². The lowest BCUT2D eigenvalue weighted by atomic mass is 10.4. The van der Waals surface area contributed by atoms with E-state index in [9.17, 15) is 0 Å². The van der Waals surface area contributed by atoms with E-state index in [2.05, 4.69) is 16.5 Å². The number of H-pyrrole nitrogens is 1. The van der Waals surface area contributed by atoms with Crippen LogP contribution in [0, 0.1) is 4.77 Å². The molecule has 0 atom stereocenters. The molecule has 0 fully saturated rings. The van der Waals surface area contributed by atoms with E-state index in [1.54, 1.807) is 6.20 Å². The largest absolute Gasteiger partial charge is 0.329 e. The summed E-state index contributed by atoms with van der Waals surface area (Å²) in [4.78, 5) is 7.33. The zero-order valence-electron chi connectivity index (χ0n) is 8.03. The Bertz CT molecular complexity index is 555. The van der Waals surface area contributed by atoms with Gasteiger partial charge in [0.2, 0.25) is 0 Å². The maximum Gasteiger partial charge on any atom is 0.179 e. The van der Waals surface area contributed by atoms with Crippen molar-refractivity contribution in [3.05, 3.63) is 34.7 Å². The first-order chi connectivity index (χ1) is 7.22. The number of hydrogen-bond acceptors (Lipinski definition) is 2. The molecule has 0 aliphatic carbocycles. The van der Waals surface area contributed by atoms with Crippen LogP contribution in [0.4, 0.5) is 0 Å². The van der Waals surface area contributed by atoms with E-state index in [4.69, 9.17) is 23.8 Å². The standard InChI is InChI=1S/C10H10ClN3S/c1-2-3-4-14-9-8(13-10(14)15)5-7(11)6-12-9/h2,5-6H,1,3-4H2,(H,13,15). The Morgan fingerprint density at radius 2 is 2.47 bits per heavy atom. The molecule has 0 saturated heterocycles. The van der Waals surface area contributed by atoms with Gasteiger partial charge in [-0.15, -0.1) is 6.58 Å². The predicted molar refractivity (Wildman–Crippen MR) is 64.7 cm³/mol. The molecule has 2 aromatic heterocycles. The summed E-state index contributed by atoms with van der Waals surface area (Å²) in [6, 6.07) is 1.82. The van der Waals surface area contributed by atoms with Crippen LogP contribution in [-0.2, 0) is 6.54 Å². The molecule has 78 valence electrons. The Hall–Kier alpha value is -1.13. The number of hydrogen-bond donors (Lipinski definition) is 1.